The molecule has 0 saturated heterocycles. The zero-order chi connectivity index (χ0) is 10.3. The van der Waals surface area contributed by atoms with E-state index in [9.17, 15) is 0 Å². The van der Waals surface area contributed by atoms with E-state index in [4.69, 9.17) is 0 Å². The molecule has 0 amide bonds. The first-order valence-corrected chi connectivity index (χ1v) is 5.73. The molecule has 0 unspecified atom stereocenters. The fourth-order valence-electron chi connectivity index (χ4n) is 1.60. The van der Waals surface area contributed by atoms with Crippen LogP contribution in [0.5, 0.6) is 0 Å². The second kappa shape index (κ2) is 3.16. The van der Waals surface area contributed by atoms with Crippen LogP contribution in [0.25, 0.3) is 5.69 Å². The number of nitrogens with zero attached hydrogens (tertiary/aromatic N) is 3. The highest BCUT2D eigenvalue weighted by Crippen LogP contribution is 2.30. The number of hydrazine groups is 1. The number of rotatable bonds is 1. The number of anilines is 2. The van der Waals surface area contributed by atoms with Gasteiger partial charge in [0.05, 0.1) is 11.4 Å². The lowest BCUT2D eigenvalue weighted by atomic mass is 10.2. The van der Waals surface area contributed by atoms with Crippen molar-refractivity contribution in [1.82, 2.24) is 14.8 Å². The van der Waals surface area contributed by atoms with E-state index in [1.807, 2.05) is 35.1 Å². The lowest BCUT2D eigenvalue weighted by Gasteiger charge is -2.21. The Morgan fingerprint density at radius 3 is 2.93 bits per heavy atom. The highest BCUT2D eigenvalue weighted by Gasteiger charge is 2.19. The molecule has 1 aliphatic rings. The van der Waals surface area contributed by atoms with Crippen molar-refractivity contribution in [2.45, 2.75) is 5.16 Å². The van der Waals surface area contributed by atoms with Crippen molar-refractivity contribution in [3.05, 3.63) is 24.3 Å². The predicted octanol–water partition coefficient (Wildman–Crippen LogP) is 1.74. The molecule has 2 aromatic rings. The van der Waals surface area contributed by atoms with Gasteiger partial charge in [0.15, 0.2) is 5.16 Å². The van der Waals surface area contributed by atoms with Crippen molar-refractivity contribution in [2.24, 2.45) is 0 Å². The van der Waals surface area contributed by atoms with Crippen LogP contribution in [-0.2, 0) is 0 Å². The van der Waals surface area contributed by atoms with Crippen molar-refractivity contribution < 1.29 is 0 Å². The van der Waals surface area contributed by atoms with Gasteiger partial charge in [0.25, 0.3) is 0 Å². The summed E-state index contributed by atoms with van der Waals surface area (Å²) in [6, 6.07) is 8.03. The van der Waals surface area contributed by atoms with E-state index in [0.29, 0.717) is 0 Å². The van der Waals surface area contributed by atoms with Crippen LogP contribution in [0.1, 0.15) is 0 Å². The predicted molar refractivity (Wildman–Crippen MR) is 60.4 cm³/mol. The van der Waals surface area contributed by atoms with Crippen molar-refractivity contribution in [2.75, 3.05) is 17.1 Å². The summed E-state index contributed by atoms with van der Waals surface area (Å²) in [5.41, 5.74) is 8.17. The summed E-state index contributed by atoms with van der Waals surface area (Å²) >= 11 is 1.58. The van der Waals surface area contributed by atoms with Crippen molar-refractivity contribution in [3.8, 4) is 5.69 Å². The molecule has 76 valence electrons. The average Bonchev–Trinajstić information content (AvgIpc) is 2.72. The molecule has 0 spiro atoms. The Morgan fingerprint density at radius 2 is 2.07 bits per heavy atom. The normalized spacial score (nSPS) is 12.3. The molecule has 0 aliphatic carbocycles. The highest BCUT2D eigenvalue weighted by atomic mass is 32.2. The molecule has 2 heterocycles. The second-order valence-corrected chi connectivity index (χ2v) is 3.89. The van der Waals surface area contributed by atoms with Crippen molar-refractivity contribution in [3.63, 3.8) is 0 Å². The van der Waals surface area contributed by atoms with E-state index in [-0.39, 0.29) is 0 Å². The first kappa shape index (κ1) is 8.60. The van der Waals surface area contributed by atoms with Gasteiger partial charge in [-0.15, -0.1) is 10.2 Å². The molecule has 2 N–H and O–H groups in total. The largest absolute Gasteiger partial charge is 0.296 e. The van der Waals surface area contributed by atoms with Gasteiger partial charge in [-0.1, -0.05) is 23.9 Å². The Morgan fingerprint density at radius 1 is 1.20 bits per heavy atom. The monoisotopic (exact) mass is 219 g/mol. The molecule has 1 aliphatic heterocycles. The Kier molecular flexibility index (Phi) is 1.81. The minimum atomic E-state index is 0.720. The van der Waals surface area contributed by atoms with E-state index in [1.54, 1.807) is 11.8 Å². The second-order valence-electron chi connectivity index (χ2n) is 3.11. The third-order valence-electron chi connectivity index (χ3n) is 2.27. The van der Waals surface area contributed by atoms with Crippen LogP contribution in [0.2, 0.25) is 0 Å². The maximum atomic E-state index is 4.09. The van der Waals surface area contributed by atoms with Crippen LogP contribution in [0.3, 0.4) is 0 Å². The molecule has 15 heavy (non-hydrogen) atoms. The summed E-state index contributed by atoms with van der Waals surface area (Å²) in [6.07, 6.45) is 1.99. The summed E-state index contributed by atoms with van der Waals surface area (Å²) in [4.78, 5) is 0. The maximum Gasteiger partial charge on any atom is 0.248 e. The zero-order valence-corrected chi connectivity index (χ0v) is 8.88. The topological polar surface area (TPSA) is 54.8 Å². The fraction of sp³-hybridized carbons (Fsp3) is 0.111. The number of hydrogen-bond acceptors (Lipinski definition) is 5. The molecule has 1 aromatic carbocycles. The Balaban J connectivity index is 2.27. The molecule has 0 radical (unpaired) electrons. The molecule has 0 bridgehead atoms. The Labute approximate surface area is 90.9 Å². The van der Waals surface area contributed by atoms with Crippen molar-refractivity contribution >= 4 is 23.4 Å². The summed E-state index contributed by atoms with van der Waals surface area (Å²) in [5.74, 6) is 0.720. The zero-order valence-electron chi connectivity index (χ0n) is 8.06. The van der Waals surface area contributed by atoms with Crippen LogP contribution in [-0.4, -0.2) is 21.0 Å². The van der Waals surface area contributed by atoms with Gasteiger partial charge < -0.3 is 0 Å². The smallest absolute Gasteiger partial charge is 0.248 e. The number of fused-ring (bicyclic) bond motifs is 3. The number of hydrogen-bond donors (Lipinski definition) is 2. The molecule has 5 nitrogen and oxygen atoms in total. The van der Waals surface area contributed by atoms with E-state index in [0.717, 1.165) is 22.5 Å². The summed E-state index contributed by atoms with van der Waals surface area (Å²) in [5, 5.41) is 9.01. The number of para-hydroxylation sites is 2. The van der Waals surface area contributed by atoms with Gasteiger partial charge in [0, 0.05) is 0 Å². The van der Waals surface area contributed by atoms with Gasteiger partial charge in [-0.3, -0.25) is 15.4 Å². The quantitative estimate of drug-likeness (QED) is 0.715. The van der Waals surface area contributed by atoms with Gasteiger partial charge in [-0.05, 0) is 18.4 Å². The third kappa shape index (κ3) is 1.18. The highest BCUT2D eigenvalue weighted by molar-refractivity contribution is 7.98. The standard InChI is InChI=1S/C9H9N5S/c1-15-9-13-12-8-11-10-6-4-2-3-5-7(6)14(8)9/h2-5,10H,1H3,(H,11,12). The minimum absolute atomic E-state index is 0.720. The first-order chi connectivity index (χ1) is 7.40. The minimum Gasteiger partial charge on any atom is -0.296 e. The van der Waals surface area contributed by atoms with Gasteiger partial charge >= 0.3 is 0 Å². The Bertz CT molecular complexity index is 493. The number of aromatic nitrogens is 3. The molecular weight excluding hydrogens is 210 g/mol. The first-order valence-electron chi connectivity index (χ1n) is 4.51. The number of benzene rings is 1. The van der Waals surface area contributed by atoms with Gasteiger partial charge in [-0.2, -0.15) is 0 Å². The summed E-state index contributed by atoms with van der Waals surface area (Å²) in [7, 11) is 0. The fourth-order valence-corrected chi connectivity index (χ4v) is 2.09. The molecular formula is C9H9N5S. The molecule has 3 rings (SSSR count). The van der Waals surface area contributed by atoms with E-state index in [1.165, 1.54) is 0 Å². The summed E-state index contributed by atoms with van der Waals surface area (Å²) in [6.45, 7) is 0. The van der Waals surface area contributed by atoms with Crippen molar-refractivity contribution in [1.29, 1.82) is 0 Å². The van der Waals surface area contributed by atoms with E-state index >= 15 is 0 Å². The van der Waals surface area contributed by atoms with E-state index in [2.05, 4.69) is 21.0 Å². The van der Waals surface area contributed by atoms with Gasteiger partial charge in [0.2, 0.25) is 5.95 Å². The van der Waals surface area contributed by atoms with Crippen LogP contribution in [0.15, 0.2) is 29.4 Å². The molecule has 0 atom stereocenters. The van der Waals surface area contributed by atoms with E-state index < -0.39 is 0 Å². The Hall–Kier alpha value is -1.69. The molecule has 0 saturated carbocycles. The lowest BCUT2D eigenvalue weighted by Crippen LogP contribution is -2.20. The average molecular weight is 219 g/mol. The van der Waals surface area contributed by atoms with Crippen LogP contribution in [0, 0.1) is 0 Å². The molecule has 1 aromatic heterocycles. The van der Waals surface area contributed by atoms with Crippen LogP contribution in [0.4, 0.5) is 11.6 Å². The number of thioether (sulfide) groups is 1. The van der Waals surface area contributed by atoms with Crippen LogP contribution >= 0.6 is 11.8 Å². The van der Waals surface area contributed by atoms with Gasteiger partial charge in [0.1, 0.15) is 0 Å². The van der Waals surface area contributed by atoms with Crippen LogP contribution < -0.4 is 10.9 Å². The van der Waals surface area contributed by atoms with Gasteiger partial charge in [-0.25, -0.2) is 0 Å². The summed E-state index contributed by atoms with van der Waals surface area (Å²) < 4.78 is 2.00. The number of nitrogens with one attached hydrogen (secondary N) is 2. The third-order valence-corrected chi connectivity index (χ3v) is 2.90. The lowest BCUT2D eigenvalue weighted by molar-refractivity contribution is 0.881. The molecule has 6 heteroatoms. The SMILES string of the molecule is CSc1nnc2n1-c1ccccc1NN2. The molecule has 0 fully saturated rings. The maximum absolute atomic E-state index is 4.09.